The van der Waals surface area contributed by atoms with E-state index in [0.29, 0.717) is 12.0 Å². The predicted octanol–water partition coefficient (Wildman–Crippen LogP) is 6.01. The first-order valence-corrected chi connectivity index (χ1v) is 12.4. The monoisotopic (exact) mass is 490 g/mol. The summed E-state index contributed by atoms with van der Waals surface area (Å²) in [6, 6.07) is 17.1. The standard InChI is InChI=1S/C31H38O5/c1-6-7-8-9-25-12-16-28(17-13-25)29-18-14-26(15-19-29)10-11-27(20-35-30(33)22(2)3)21-36-31(34)23(4)24(5)32/h6-7,12-19,24,27,32H,2,4,8-11,20-21H2,1,3,5H3/b7-6+. The van der Waals surface area contributed by atoms with Crippen molar-refractivity contribution in [1.82, 2.24) is 0 Å². The number of carbonyl (C=O) groups excluding carboxylic acids is 2. The highest BCUT2D eigenvalue weighted by Crippen LogP contribution is 2.22. The van der Waals surface area contributed by atoms with Gasteiger partial charge in [0.2, 0.25) is 0 Å². The van der Waals surface area contributed by atoms with Crippen molar-refractivity contribution in [3.8, 4) is 11.1 Å². The molecule has 1 N–H and O–H groups in total. The maximum atomic E-state index is 12.1. The Balaban J connectivity index is 1.97. The van der Waals surface area contributed by atoms with E-state index in [1.165, 1.54) is 18.1 Å². The van der Waals surface area contributed by atoms with Crippen LogP contribution < -0.4 is 0 Å². The Hall–Kier alpha value is -3.44. The SMILES string of the molecule is C=C(C)C(=O)OCC(CCc1ccc(-c2ccc(CC/C=C/C)cc2)cc1)COC(=O)C(=C)C(C)O. The van der Waals surface area contributed by atoms with Gasteiger partial charge in [-0.25, -0.2) is 9.59 Å². The molecule has 0 saturated carbocycles. The molecular formula is C31H38O5. The second-order valence-electron chi connectivity index (χ2n) is 9.08. The zero-order chi connectivity index (χ0) is 26.5. The third-order valence-corrected chi connectivity index (χ3v) is 5.93. The fourth-order valence-electron chi connectivity index (χ4n) is 3.50. The number of rotatable bonds is 14. The Morgan fingerprint density at radius 3 is 1.86 bits per heavy atom. The largest absolute Gasteiger partial charge is 0.462 e. The highest BCUT2D eigenvalue weighted by atomic mass is 16.5. The van der Waals surface area contributed by atoms with Crippen molar-refractivity contribution in [2.24, 2.45) is 5.92 Å². The number of benzene rings is 2. The zero-order valence-electron chi connectivity index (χ0n) is 21.7. The summed E-state index contributed by atoms with van der Waals surface area (Å²) < 4.78 is 10.6. The minimum Gasteiger partial charge on any atom is -0.462 e. The average molecular weight is 491 g/mol. The fourth-order valence-corrected chi connectivity index (χ4v) is 3.50. The number of ether oxygens (including phenoxy) is 2. The van der Waals surface area contributed by atoms with Crippen LogP contribution in [0.1, 0.15) is 44.7 Å². The summed E-state index contributed by atoms with van der Waals surface area (Å²) >= 11 is 0. The summed E-state index contributed by atoms with van der Waals surface area (Å²) in [6.07, 6.45) is 6.74. The van der Waals surface area contributed by atoms with Crippen molar-refractivity contribution in [3.05, 3.63) is 96.1 Å². The molecule has 36 heavy (non-hydrogen) atoms. The Morgan fingerprint density at radius 1 is 0.889 bits per heavy atom. The normalized spacial score (nSPS) is 12.7. The number of aliphatic hydroxyl groups excluding tert-OH is 1. The summed E-state index contributed by atoms with van der Waals surface area (Å²) in [5, 5.41) is 9.53. The molecule has 0 heterocycles. The minimum atomic E-state index is -0.981. The lowest BCUT2D eigenvalue weighted by molar-refractivity contribution is -0.144. The van der Waals surface area contributed by atoms with E-state index in [0.717, 1.165) is 30.4 Å². The molecule has 0 spiro atoms. The summed E-state index contributed by atoms with van der Waals surface area (Å²) in [5.74, 6) is -1.33. The van der Waals surface area contributed by atoms with Crippen molar-refractivity contribution < 1.29 is 24.2 Å². The molecule has 2 rings (SSSR count). The Kier molecular flexibility index (Phi) is 11.9. The highest BCUT2D eigenvalue weighted by molar-refractivity contribution is 5.88. The van der Waals surface area contributed by atoms with Gasteiger partial charge in [-0.2, -0.15) is 0 Å². The van der Waals surface area contributed by atoms with Crippen molar-refractivity contribution in [2.45, 2.75) is 52.6 Å². The summed E-state index contributed by atoms with van der Waals surface area (Å²) in [6.45, 7) is 12.4. The van der Waals surface area contributed by atoms with Gasteiger partial charge in [0.15, 0.2) is 0 Å². The van der Waals surface area contributed by atoms with Gasteiger partial charge in [-0.3, -0.25) is 0 Å². The van der Waals surface area contributed by atoms with E-state index in [2.05, 4.69) is 73.8 Å². The van der Waals surface area contributed by atoms with Crippen molar-refractivity contribution in [1.29, 1.82) is 0 Å². The quantitative estimate of drug-likeness (QED) is 0.199. The maximum Gasteiger partial charge on any atom is 0.336 e. The first-order chi connectivity index (χ1) is 17.2. The summed E-state index contributed by atoms with van der Waals surface area (Å²) in [7, 11) is 0. The lowest BCUT2D eigenvalue weighted by atomic mass is 9.97. The zero-order valence-corrected chi connectivity index (χ0v) is 21.7. The molecule has 2 unspecified atom stereocenters. The van der Waals surface area contributed by atoms with Crippen molar-refractivity contribution in [3.63, 3.8) is 0 Å². The van der Waals surface area contributed by atoms with E-state index in [1.807, 2.05) is 6.92 Å². The van der Waals surface area contributed by atoms with Crippen LogP contribution in [0.4, 0.5) is 0 Å². The van der Waals surface area contributed by atoms with Crippen molar-refractivity contribution in [2.75, 3.05) is 13.2 Å². The van der Waals surface area contributed by atoms with E-state index < -0.39 is 18.0 Å². The molecule has 2 aromatic carbocycles. The lowest BCUT2D eigenvalue weighted by Gasteiger charge is -2.18. The van der Waals surface area contributed by atoms with E-state index in [1.54, 1.807) is 6.92 Å². The molecule has 0 aliphatic heterocycles. The van der Waals surface area contributed by atoms with Gasteiger partial charge in [0.1, 0.15) is 0 Å². The first kappa shape index (κ1) is 28.8. The number of allylic oxidation sites excluding steroid dienone is 2. The molecule has 0 fully saturated rings. The number of carbonyl (C=O) groups is 2. The van der Waals surface area contributed by atoms with Gasteiger partial charge in [0, 0.05) is 11.5 Å². The fraction of sp³-hybridized carbons (Fsp3) is 0.355. The predicted molar refractivity (Wildman–Crippen MR) is 144 cm³/mol. The summed E-state index contributed by atoms with van der Waals surface area (Å²) in [4.78, 5) is 23.9. The van der Waals surface area contributed by atoms with E-state index in [9.17, 15) is 14.7 Å². The molecule has 2 aromatic rings. The molecule has 5 nitrogen and oxygen atoms in total. The van der Waals surface area contributed by atoms with E-state index in [4.69, 9.17) is 9.47 Å². The summed E-state index contributed by atoms with van der Waals surface area (Å²) in [5.41, 5.74) is 5.09. The molecule has 0 bridgehead atoms. The van der Waals surface area contributed by atoms with Crippen LogP contribution in [0.15, 0.2) is 85.0 Å². The van der Waals surface area contributed by atoms with Crippen LogP contribution in [0.2, 0.25) is 0 Å². The number of hydrogen-bond donors (Lipinski definition) is 1. The Morgan fingerprint density at radius 2 is 1.39 bits per heavy atom. The third-order valence-electron chi connectivity index (χ3n) is 5.93. The molecule has 0 radical (unpaired) electrons. The highest BCUT2D eigenvalue weighted by Gasteiger charge is 2.19. The average Bonchev–Trinajstić information content (AvgIpc) is 2.88. The molecule has 5 heteroatoms. The topological polar surface area (TPSA) is 72.8 Å². The Bertz CT molecular complexity index is 1050. The van der Waals surface area contributed by atoms with Gasteiger partial charge in [-0.05, 0) is 68.7 Å². The molecule has 0 aromatic heterocycles. The molecule has 0 amide bonds. The number of aliphatic hydroxyl groups is 1. The van der Waals surface area contributed by atoms with Crippen LogP contribution >= 0.6 is 0 Å². The van der Waals surface area contributed by atoms with Crippen LogP contribution in [0.25, 0.3) is 11.1 Å². The van der Waals surface area contributed by atoms with E-state index in [-0.39, 0.29) is 24.7 Å². The van der Waals surface area contributed by atoms with Crippen LogP contribution in [0.5, 0.6) is 0 Å². The Labute approximate surface area is 215 Å². The van der Waals surface area contributed by atoms with Gasteiger partial charge in [-0.15, -0.1) is 0 Å². The van der Waals surface area contributed by atoms with E-state index >= 15 is 0 Å². The van der Waals surface area contributed by atoms with Gasteiger partial charge in [-0.1, -0.05) is 73.8 Å². The lowest BCUT2D eigenvalue weighted by Crippen LogP contribution is -2.24. The van der Waals surface area contributed by atoms with Gasteiger partial charge in [0.25, 0.3) is 0 Å². The van der Waals surface area contributed by atoms with Crippen LogP contribution in [-0.4, -0.2) is 36.4 Å². The second-order valence-corrected chi connectivity index (χ2v) is 9.08. The minimum absolute atomic E-state index is 0.00546. The van der Waals surface area contributed by atoms with Crippen LogP contribution in [-0.2, 0) is 31.9 Å². The first-order valence-electron chi connectivity index (χ1n) is 12.4. The molecule has 192 valence electrons. The number of esters is 2. The van der Waals surface area contributed by atoms with Crippen molar-refractivity contribution >= 4 is 11.9 Å². The van der Waals surface area contributed by atoms with Crippen LogP contribution in [0.3, 0.4) is 0 Å². The maximum absolute atomic E-state index is 12.1. The number of aryl methyl sites for hydroxylation is 2. The number of hydrogen-bond acceptors (Lipinski definition) is 5. The van der Waals surface area contributed by atoms with Gasteiger partial charge >= 0.3 is 11.9 Å². The molecule has 0 saturated heterocycles. The van der Waals surface area contributed by atoms with Gasteiger partial charge in [0.05, 0.1) is 24.9 Å². The van der Waals surface area contributed by atoms with Gasteiger partial charge < -0.3 is 14.6 Å². The second kappa shape index (κ2) is 14.8. The third kappa shape index (κ3) is 9.67. The smallest absolute Gasteiger partial charge is 0.336 e. The molecule has 0 aliphatic carbocycles. The molecular weight excluding hydrogens is 452 g/mol. The van der Waals surface area contributed by atoms with Crippen LogP contribution in [0, 0.1) is 5.92 Å². The molecule has 2 atom stereocenters. The molecule has 0 aliphatic rings.